The first-order valence-corrected chi connectivity index (χ1v) is 6.08. The number of hydrogen-bond donors (Lipinski definition) is 1. The zero-order valence-electron chi connectivity index (χ0n) is 10.3. The number of ether oxygens (including phenoxy) is 2. The Morgan fingerprint density at radius 1 is 1.53 bits per heavy atom. The SMILES string of the molecule is CC(C)Oc1cc(NCC2CCCO2)ncn1. The summed E-state index contributed by atoms with van der Waals surface area (Å²) < 4.78 is 11.0. The topological polar surface area (TPSA) is 56.3 Å². The van der Waals surface area contributed by atoms with Crippen LogP contribution in [0.4, 0.5) is 5.82 Å². The van der Waals surface area contributed by atoms with Gasteiger partial charge in [0.2, 0.25) is 5.88 Å². The normalized spacial score (nSPS) is 19.6. The van der Waals surface area contributed by atoms with Crippen molar-refractivity contribution in [3.8, 4) is 5.88 Å². The molecule has 5 heteroatoms. The molecule has 0 amide bonds. The number of rotatable bonds is 5. The minimum atomic E-state index is 0.121. The van der Waals surface area contributed by atoms with Gasteiger partial charge in [-0.25, -0.2) is 9.97 Å². The second kappa shape index (κ2) is 5.82. The van der Waals surface area contributed by atoms with Gasteiger partial charge in [0.1, 0.15) is 12.1 Å². The maximum absolute atomic E-state index is 5.53. The van der Waals surface area contributed by atoms with E-state index in [0.29, 0.717) is 12.0 Å². The van der Waals surface area contributed by atoms with E-state index in [4.69, 9.17) is 9.47 Å². The second-order valence-corrected chi connectivity index (χ2v) is 4.42. The number of hydrogen-bond acceptors (Lipinski definition) is 5. The molecule has 94 valence electrons. The quantitative estimate of drug-likeness (QED) is 0.847. The van der Waals surface area contributed by atoms with Gasteiger partial charge in [-0.05, 0) is 26.7 Å². The van der Waals surface area contributed by atoms with Crippen molar-refractivity contribution in [1.82, 2.24) is 9.97 Å². The van der Waals surface area contributed by atoms with Crippen molar-refractivity contribution in [2.75, 3.05) is 18.5 Å². The van der Waals surface area contributed by atoms with Gasteiger partial charge in [0.25, 0.3) is 0 Å². The molecule has 5 nitrogen and oxygen atoms in total. The van der Waals surface area contributed by atoms with E-state index in [0.717, 1.165) is 31.8 Å². The van der Waals surface area contributed by atoms with Gasteiger partial charge in [-0.1, -0.05) is 0 Å². The summed E-state index contributed by atoms with van der Waals surface area (Å²) in [6, 6.07) is 1.81. The number of anilines is 1. The first-order chi connectivity index (χ1) is 8.24. The second-order valence-electron chi connectivity index (χ2n) is 4.42. The van der Waals surface area contributed by atoms with Crippen LogP contribution in [0, 0.1) is 0 Å². The van der Waals surface area contributed by atoms with E-state index in [-0.39, 0.29) is 6.10 Å². The molecule has 1 aromatic heterocycles. The van der Waals surface area contributed by atoms with Crippen LogP contribution in [-0.4, -0.2) is 35.3 Å². The van der Waals surface area contributed by atoms with Crippen molar-refractivity contribution >= 4 is 5.82 Å². The Kier molecular flexibility index (Phi) is 4.14. The minimum absolute atomic E-state index is 0.121. The predicted molar refractivity (Wildman–Crippen MR) is 65.3 cm³/mol. The molecule has 1 aliphatic rings. The molecule has 1 aliphatic heterocycles. The van der Waals surface area contributed by atoms with Gasteiger partial charge in [0, 0.05) is 19.2 Å². The van der Waals surface area contributed by atoms with E-state index in [2.05, 4.69) is 15.3 Å². The average Bonchev–Trinajstić information content (AvgIpc) is 2.79. The molecule has 0 bridgehead atoms. The lowest BCUT2D eigenvalue weighted by Crippen LogP contribution is -2.19. The van der Waals surface area contributed by atoms with Gasteiger partial charge in [0.05, 0.1) is 12.2 Å². The molecular formula is C12H19N3O2. The molecule has 1 atom stereocenters. The van der Waals surface area contributed by atoms with Crippen LogP contribution in [0.1, 0.15) is 26.7 Å². The number of nitrogens with one attached hydrogen (secondary N) is 1. The van der Waals surface area contributed by atoms with E-state index in [9.17, 15) is 0 Å². The van der Waals surface area contributed by atoms with E-state index >= 15 is 0 Å². The van der Waals surface area contributed by atoms with E-state index in [1.807, 2.05) is 19.9 Å². The summed E-state index contributed by atoms with van der Waals surface area (Å²) in [6.07, 6.45) is 4.20. The molecule has 0 spiro atoms. The maximum atomic E-state index is 5.53. The van der Waals surface area contributed by atoms with Crippen molar-refractivity contribution in [2.24, 2.45) is 0 Å². The third-order valence-corrected chi connectivity index (χ3v) is 2.53. The standard InChI is InChI=1S/C12H19N3O2/c1-9(2)17-12-6-11(14-8-15-12)13-7-10-4-3-5-16-10/h6,8-10H,3-5,7H2,1-2H3,(H,13,14,15). The lowest BCUT2D eigenvalue weighted by atomic mass is 10.2. The summed E-state index contributed by atoms with van der Waals surface area (Å²) in [5.41, 5.74) is 0. The fraction of sp³-hybridized carbons (Fsp3) is 0.667. The third kappa shape index (κ3) is 3.85. The fourth-order valence-electron chi connectivity index (χ4n) is 1.77. The minimum Gasteiger partial charge on any atom is -0.475 e. The summed E-state index contributed by atoms with van der Waals surface area (Å²) in [4.78, 5) is 8.20. The van der Waals surface area contributed by atoms with Crippen LogP contribution in [0.15, 0.2) is 12.4 Å². The smallest absolute Gasteiger partial charge is 0.218 e. The Balaban J connectivity index is 1.86. The van der Waals surface area contributed by atoms with E-state index in [1.54, 1.807) is 0 Å². The number of aromatic nitrogens is 2. The summed E-state index contributed by atoms with van der Waals surface area (Å²) >= 11 is 0. The lowest BCUT2D eigenvalue weighted by Gasteiger charge is -2.12. The first kappa shape index (κ1) is 12.1. The fourth-order valence-corrected chi connectivity index (χ4v) is 1.77. The molecule has 2 rings (SSSR count). The molecule has 0 radical (unpaired) electrons. The maximum Gasteiger partial charge on any atom is 0.218 e. The molecule has 1 N–H and O–H groups in total. The molecule has 17 heavy (non-hydrogen) atoms. The van der Waals surface area contributed by atoms with Crippen LogP contribution >= 0.6 is 0 Å². The zero-order chi connectivity index (χ0) is 12.1. The Bertz CT molecular complexity index is 351. The van der Waals surface area contributed by atoms with Crippen molar-refractivity contribution in [1.29, 1.82) is 0 Å². The highest BCUT2D eigenvalue weighted by Gasteiger charge is 2.15. The average molecular weight is 237 g/mol. The van der Waals surface area contributed by atoms with Gasteiger partial charge < -0.3 is 14.8 Å². The van der Waals surface area contributed by atoms with Crippen molar-refractivity contribution < 1.29 is 9.47 Å². The molecule has 0 saturated carbocycles. The highest BCUT2D eigenvalue weighted by Crippen LogP contribution is 2.15. The molecule has 1 saturated heterocycles. The first-order valence-electron chi connectivity index (χ1n) is 6.08. The predicted octanol–water partition coefficient (Wildman–Crippen LogP) is 1.85. The Labute approximate surface area is 102 Å². The van der Waals surface area contributed by atoms with Crippen LogP contribution in [0.2, 0.25) is 0 Å². The van der Waals surface area contributed by atoms with E-state index < -0.39 is 0 Å². The molecule has 0 aromatic carbocycles. The molecular weight excluding hydrogens is 218 g/mol. The Morgan fingerprint density at radius 2 is 2.41 bits per heavy atom. The van der Waals surface area contributed by atoms with Crippen LogP contribution in [0.3, 0.4) is 0 Å². The molecule has 1 aromatic rings. The highest BCUT2D eigenvalue weighted by atomic mass is 16.5. The van der Waals surface area contributed by atoms with Crippen LogP contribution in [0.25, 0.3) is 0 Å². The van der Waals surface area contributed by atoms with Crippen molar-refractivity contribution in [3.63, 3.8) is 0 Å². The van der Waals surface area contributed by atoms with Crippen molar-refractivity contribution in [3.05, 3.63) is 12.4 Å². The van der Waals surface area contributed by atoms with Gasteiger partial charge in [-0.3, -0.25) is 0 Å². The summed E-state index contributed by atoms with van der Waals surface area (Å²) in [7, 11) is 0. The molecule has 0 aliphatic carbocycles. The van der Waals surface area contributed by atoms with Gasteiger partial charge in [-0.2, -0.15) is 0 Å². The molecule has 2 heterocycles. The highest BCUT2D eigenvalue weighted by molar-refractivity contribution is 5.37. The van der Waals surface area contributed by atoms with E-state index in [1.165, 1.54) is 6.33 Å². The van der Waals surface area contributed by atoms with Gasteiger partial charge in [-0.15, -0.1) is 0 Å². The summed E-state index contributed by atoms with van der Waals surface area (Å²) in [6.45, 7) is 5.61. The summed E-state index contributed by atoms with van der Waals surface area (Å²) in [5, 5.41) is 3.24. The van der Waals surface area contributed by atoms with Gasteiger partial charge >= 0.3 is 0 Å². The Hall–Kier alpha value is -1.36. The van der Waals surface area contributed by atoms with Gasteiger partial charge in [0.15, 0.2) is 0 Å². The zero-order valence-corrected chi connectivity index (χ0v) is 10.3. The lowest BCUT2D eigenvalue weighted by molar-refractivity contribution is 0.120. The third-order valence-electron chi connectivity index (χ3n) is 2.53. The van der Waals surface area contributed by atoms with Crippen LogP contribution < -0.4 is 10.1 Å². The number of nitrogens with zero attached hydrogens (tertiary/aromatic N) is 2. The Morgan fingerprint density at radius 3 is 3.12 bits per heavy atom. The molecule has 1 unspecified atom stereocenters. The monoisotopic (exact) mass is 237 g/mol. The van der Waals surface area contributed by atoms with Crippen LogP contribution in [0.5, 0.6) is 5.88 Å². The van der Waals surface area contributed by atoms with Crippen molar-refractivity contribution in [2.45, 2.75) is 38.9 Å². The summed E-state index contributed by atoms with van der Waals surface area (Å²) in [5.74, 6) is 1.39. The van der Waals surface area contributed by atoms with Crippen LogP contribution in [-0.2, 0) is 4.74 Å². The molecule has 1 fully saturated rings. The largest absolute Gasteiger partial charge is 0.475 e.